The smallest absolute Gasteiger partial charge is 0.138 e. The van der Waals surface area contributed by atoms with Crippen LogP contribution in [0, 0.1) is 11.3 Å². The van der Waals surface area contributed by atoms with E-state index in [-0.39, 0.29) is 12.0 Å². The lowest BCUT2D eigenvalue weighted by atomic mass is 9.78. The van der Waals surface area contributed by atoms with E-state index in [0.29, 0.717) is 5.92 Å². The SMILES string of the molecule is CC(C)Cn1ncnc1CC1(CO)CCOCC1. The summed E-state index contributed by atoms with van der Waals surface area (Å²) in [5, 5.41) is 14.0. The Morgan fingerprint density at radius 1 is 1.44 bits per heavy atom. The average Bonchev–Trinajstić information content (AvgIpc) is 2.77. The van der Waals surface area contributed by atoms with Crippen LogP contribution in [0.2, 0.25) is 0 Å². The molecule has 0 unspecified atom stereocenters. The van der Waals surface area contributed by atoms with Gasteiger partial charge in [-0.05, 0) is 18.8 Å². The first-order valence-corrected chi connectivity index (χ1v) is 6.70. The molecule has 1 aromatic heterocycles. The minimum Gasteiger partial charge on any atom is -0.396 e. The Morgan fingerprint density at radius 3 is 2.78 bits per heavy atom. The Labute approximate surface area is 108 Å². The number of hydrogen-bond acceptors (Lipinski definition) is 4. The predicted molar refractivity (Wildman–Crippen MR) is 68.1 cm³/mol. The molecule has 2 heterocycles. The maximum Gasteiger partial charge on any atom is 0.138 e. The van der Waals surface area contributed by atoms with Gasteiger partial charge in [0.15, 0.2) is 0 Å². The van der Waals surface area contributed by atoms with Gasteiger partial charge >= 0.3 is 0 Å². The van der Waals surface area contributed by atoms with Crippen molar-refractivity contribution >= 4 is 0 Å². The third kappa shape index (κ3) is 3.09. The zero-order valence-electron chi connectivity index (χ0n) is 11.3. The van der Waals surface area contributed by atoms with Gasteiger partial charge in [-0.1, -0.05) is 13.8 Å². The number of aliphatic hydroxyl groups excluding tert-OH is 1. The molecule has 0 radical (unpaired) electrons. The zero-order chi connectivity index (χ0) is 13.0. The number of hydrogen-bond donors (Lipinski definition) is 1. The molecule has 0 aliphatic carbocycles. The predicted octanol–water partition coefficient (Wildman–Crippen LogP) is 1.27. The Balaban J connectivity index is 2.09. The van der Waals surface area contributed by atoms with Crippen molar-refractivity contribution in [3.8, 4) is 0 Å². The quantitative estimate of drug-likeness (QED) is 0.858. The van der Waals surface area contributed by atoms with Crippen LogP contribution in [0.25, 0.3) is 0 Å². The zero-order valence-corrected chi connectivity index (χ0v) is 11.3. The normalized spacial score (nSPS) is 19.3. The molecule has 0 saturated carbocycles. The lowest BCUT2D eigenvalue weighted by molar-refractivity contribution is -0.0173. The summed E-state index contributed by atoms with van der Waals surface area (Å²) in [5.41, 5.74) is -0.0694. The first-order chi connectivity index (χ1) is 8.65. The van der Waals surface area contributed by atoms with E-state index in [4.69, 9.17) is 4.74 Å². The van der Waals surface area contributed by atoms with Crippen LogP contribution < -0.4 is 0 Å². The fourth-order valence-electron chi connectivity index (χ4n) is 2.45. The van der Waals surface area contributed by atoms with Gasteiger partial charge in [-0.2, -0.15) is 5.10 Å². The molecule has 102 valence electrons. The van der Waals surface area contributed by atoms with Crippen molar-refractivity contribution in [2.45, 2.75) is 39.7 Å². The Bertz CT molecular complexity index is 370. The summed E-state index contributed by atoms with van der Waals surface area (Å²) < 4.78 is 7.36. The van der Waals surface area contributed by atoms with Gasteiger partial charge in [0.25, 0.3) is 0 Å². The van der Waals surface area contributed by atoms with Crippen molar-refractivity contribution in [3.63, 3.8) is 0 Å². The van der Waals surface area contributed by atoms with Gasteiger partial charge in [-0.25, -0.2) is 9.67 Å². The first-order valence-electron chi connectivity index (χ1n) is 6.70. The van der Waals surface area contributed by atoms with E-state index >= 15 is 0 Å². The first kappa shape index (κ1) is 13.5. The second-order valence-electron chi connectivity index (χ2n) is 5.70. The highest BCUT2D eigenvalue weighted by Crippen LogP contribution is 2.33. The fourth-order valence-corrected chi connectivity index (χ4v) is 2.45. The molecule has 5 heteroatoms. The van der Waals surface area contributed by atoms with E-state index < -0.39 is 0 Å². The number of aromatic nitrogens is 3. The van der Waals surface area contributed by atoms with Gasteiger partial charge < -0.3 is 9.84 Å². The van der Waals surface area contributed by atoms with Crippen LogP contribution in [0.15, 0.2) is 6.33 Å². The van der Waals surface area contributed by atoms with Gasteiger partial charge in [0.05, 0.1) is 0 Å². The maximum absolute atomic E-state index is 9.70. The molecule has 18 heavy (non-hydrogen) atoms. The molecule has 5 nitrogen and oxygen atoms in total. The molecule has 2 rings (SSSR count). The highest BCUT2D eigenvalue weighted by Gasteiger charge is 2.33. The Kier molecular flexibility index (Phi) is 4.35. The summed E-state index contributed by atoms with van der Waals surface area (Å²) in [7, 11) is 0. The van der Waals surface area contributed by atoms with Gasteiger partial charge in [0.2, 0.25) is 0 Å². The minimum atomic E-state index is -0.0694. The van der Waals surface area contributed by atoms with Crippen molar-refractivity contribution in [1.29, 1.82) is 0 Å². The number of rotatable bonds is 5. The van der Waals surface area contributed by atoms with E-state index in [1.54, 1.807) is 6.33 Å². The number of aliphatic hydroxyl groups is 1. The summed E-state index contributed by atoms with van der Waals surface area (Å²) in [4.78, 5) is 4.36. The Morgan fingerprint density at radius 2 is 2.17 bits per heavy atom. The monoisotopic (exact) mass is 253 g/mol. The lowest BCUT2D eigenvalue weighted by Gasteiger charge is -2.35. The largest absolute Gasteiger partial charge is 0.396 e. The molecule has 1 fully saturated rings. The second kappa shape index (κ2) is 5.80. The minimum absolute atomic E-state index is 0.0694. The standard InChI is InChI=1S/C13H23N3O2/c1-11(2)8-16-12(14-10-15-16)7-13(9-17)3-5-18-6-4-13/h10-11,17H,3-9H2,1-2H3. The third-order valence-corrected chi connectivity index (χ3v) is 3.66. The molecule has 1 aliphatic rings. The van der Waals surface area contributed by atoms with Crippen molar-refractivity contribution in [3.05, 3.63) is 12.2 Å². The van der Waals surface area contributed by atoms with E-state index in [0.717, 1.165) is 44.8 Å². The van der Waals surface area contributed by atoms with Crippen molar-refractivity contribution in [1.82, 2.24) is 14.8 Å². The average molecular weight is 253 g/mol. The molecule has 1 aliphatic heterocycles. The summed E-state index contributed by atoms with van der Waals surface area (Å²) in [5.74, 6) is 1.53. The van der Waals surface area contributed by atoms with Crippen molar-refractivity contribution in [2.24, 2.45) is 11.3 Å². The van der Waals surface area contributed by atoms with Gasteiger partial charge in [-0.3, -0.25) is 0 Å². The summed E-state index contributed by atoms with van der Waals surface area (Å²) in [6.07, 6.45) is 4.21. The molecule has 1 saturated heterocycles. The summed E-state index contributed by atoms with van der Waals surface area (Å²) in [6.45, 7) is 6.89. The fraction of sp³-hybridized carbons (Fsp3) is 0.846. The highest BCUT2D eigenvalue weighted by atomic mass is 16.5. The van der Waals surface area contributed by atoms with Crippen molar-refractivity contribution in [2.75, 3.05) is 19.8 Å². The lowest BCUT2D eigenvalue weighted by Crippen LogP contribution is -2.36. The summed E-state index contributed by atoms with van der Waals surface area (Å²) in [6, 6.07) is 0. The molecule has 0 amide bonds. The van der Waals surface area contributed by atoms with Crippen LogP contribution in [-0.4, -0.2) is 39.7 Å². The van der Waals surface area contributed by atoms with Crippen LogP contribution in [-0.2, 0) is 17.7 Å². The molecule has 0 aromatic carbocycles. The molecule has 1 aromatic rings. The second-order valence-corrected chi connectivity index (χ2v) is 5.70. The van der Waals surface area contributed by atoms with Crippen LogP contribution in [0.5, 0.6) is 0 Å². The van der Waals surface area contributed by atoms with E-state index in [1.807, 2.05) is 4.68 Å². The molecule has 0 spiro atoms. The molecule has 0 atom stereocenters. The molecule has 0 bridgehead atoms. The van der Waals surface area contributed by atoms with Crippen LogP contribution >= 0.6 is 0 Å². The van der Waals surface area contributed by atoms with Crippen LogP contribution in [0.3, 0.4) is 0 Å². The number of nitrogens with zero attached hydrogens (tertiary/aromatic N) is 3. The van der Waals surface area contributed by atoms with Crippen molar-refractivity contribution < 1.29 is 9.84 Å². The van der Waals surface area contributed by atoms with E-state index in [9.17, 15) is 5.11 Å². The highest BCUT2D eigenvalue weighted by molar-refractivity contribution is 4.95. The molecule has 1 N–H and O–H groups in total. The van der Waals surface area contributed by atoms with Crippen LogP contribution in [0.1, 0.15) is 32.5 Å². The van der Waals surface area contributed by atoms with Gasteiger partial charge in [-0.15, -0.1) is 0 Å². The maximum atomic E-state index is 9.70. The van der Waals surface area contributed by atoms with E-state index in [1.165, 1.54) is 0 Å². The summed E-state index contributed by atoms with van der Waals surface area (Å²) >= 11 is 0. The van der Waals surface area contributed by atoms with E-state index in [2.05, 4.69) is 23.9 Å². The molecular formula is C13H23N3O2. The third-order valence-electron chi connectivity index (χ3n) is 3.66. The molecular weight excluding hydrogens is 230 g/mol. The number of ether oxygens (including phenoxy) is 1. The van der Waals surface area contributed by atoms with Gasteiger partial charge in [0, 0.05) is 38.2 Å². The van der Waals surface area contributed by atoms with Crippen LogP contribution in [0.4, 0.5) is 0 Å². The van der Waals surface area contributed by atoms with Gasteiger partial charge in [0.1, 0.15) is 12.2 Å². The Hall–Kier alpha value is -0.940. The topological polar surface area (TPSA) is 60.2 Å².